The number of hydrogen-bond acceptors (Lipinski definition) is 8. The zero-order valence-corrected chi connectivity index (χ0v) is 36.8. The summed E-state index contributed by atoms with van der Waals surface area (Å²) in [7, 11) is 1.93. The molecule has 0 aliphatic carbocycles. The second-order valence-corrected chi connectivity index (χ2v) is 13.5. The smallest absolute Gasteiger partial charge is 0.657 e. The quantitative estimate of drug-likeness (QED) is 0.0489. The number of nitro groups is 3. The number of aryl methyl sites for hydroxylation is 1. The van der Waals surface area contributed by atoms with Crippen molar-refractivity contribution in [3.05, 3.63) is 175 Å². The van der Waals surface area contributed by atoms with Crippen molar-refractivity contribution in [1.29, 1.82) is 0 Å². The van der Waals surface area contributed by atoms with Gasteiger partial charge in [0.1, 0.15) is 7.05 Å². The monoisotopic (exact) mass is 955 g/mol. The molecule has 0 atom stereocenters. The van der Waals surface area contributed by atoms with E-state index in [-0.39, 0.29) is 60.5 Å². The number of nitro benzene ring substituents is 3. The predicted octanol–water partition coefficient (Wildman–Crippen LogP) is 9.75. The molecule has 2 aliphatic rings. The number of hydrogen-bond donors (Lipinski definition) is 0. The Hall–Kier alpha value is -7.04. The van der Waals surface area contributed by atoms with Gasteiger partial charge in [0.15, 0.2) is 12.4 Å². The van der Waals surface area contributed by atoms with E-state index >= 15 is 0 Å². The Balaban J connectivity index is 0.00000272. The van der Waals surface area contributed by atoms with E-state index in [0.717, 1.165) is 11.1 Å². The minimum atomic E-state index is -0.467. The Morgan fingerprint density at radius 3 is 0.933 bits per heavy atom. The summed E-state index contributed by atoms with van der Waals surface area (Å²) < 4.78 is 1.92. The van der Waals surface area contributed by atoms with Crippen LogP contribution in [0.3, 0.4) is 0 Å². The standard InChI is InChI=1S/C44H27N8O6.HI.Zn/c1-49-24-22-29(23-25-49)44-39-20-18-37(47-39)42(27-4-10-31(11-5-27)51(55)56)35-16-14-33(45-35)41(26-2-8-30(9-3-26)50(53)54)34-15-17-36(46-34)43(38-19-21-40(44)48-38)28-6-12-32(13-7-28)52(57)58;;/h2-25H,1H3;1H;/q-1;;+2. The molecule has 9 rings (SSSR count). The molecule has 8 bridgehead atoms. The third kappa shape index (κ3) is 7.65. The third-order valence-corrected chi connectivity index (χ3v) is 9.98. The van der Waals surface area contributed by atoms with Gasteiger partial charge in [-0.25, -0.2) is 14.5 Å². The van der Waals surface area contributed by atoms with Gasteiger partial charge in [0, 0.05) is 48.5 Å². The maximum Gasteiger partial charge on any atom is 2.00 e. The molecule has 2 aliphatic heterocycles. The van der Waals surface area contributed by atoms with E-state index in [9.17, 15) is 30.3 Å². The molecule has 4 aromatic heterocycles. The summed E-state index contributed by atoms with van der Waals surface area (Å²) >= 11 is 0. The molecule has 16 heteroatoms. The molecule has 0 saturated heterocycles. The summed E-state index contributed by atoms with van der Waals surface area (Å²) in [4.78, 5) is 54.1. The van der Waals surface area contributed by atoms with Crippen LogP contribution < -0.4 is 14.5 Å². The number of pyridine rings is 1. The van der Waals surface area contributed by atoms with Crippen LogP contribution in [0.1, 0.15) is 22.8 Å². The van der Waals surface area contributed by atoms with Gasteiger partial charge in [0.25, 0.3) is 17.1 Å². The first-order valence-electron chi connectivity index (χ1n) is 17.9. The average Bonchev–Trinajstić information content (AvgIpc) is 4.07. The molecule has 60 heavy (non-hydrogen) atoms. The zero-order valence-electron chi connectivity index (χ0n) is 31.5. The van der Waals surface area contributed by atoms with Crippen LogP contribution in [0.25, 0.3) is 90.9 Å². The van der Waals surface area contributed by atoms with E-state index in [1.165, 1.54) is 36.4 Å². The summed E-state index contributed by atoms with van der Waals surface area (Å²) in [5, 5.41) is 34.8. The summed E-state index contributed by atoms with van der Waals surface area (Å²) in [6.07, 6.45) is 11.3. The second kappa shape index (κ2) is 16.7. The van der Waals surface area contributed by atoms with Crippen LogP contribution in [0.5, 0.6) is 0 Å². The fourth-order valence-electron chi connectivity index (χ4n) is 7.19. The first-order valence-corrected chi connectivity index (χ1v) is 17.9. The van der Waals surface area contributed by atoms with E-state index < -0.39 is 14.8 Å². The summed E-state index contributed by atoms with van der Waals surface area (Å²) in [5.41, 5.74) is 9.63. The largest absolute Gasteiger partial charge is 2.00 e. The van der Waals surface area contributed by atoms with E-state index in [0.29, 0.717) is 78.2 Å². The minimum Gasteiger partial charge on any atom is -0.657 e. The molecule has 0 fully saturated rings. The van der Waals surface area contributed by atoms with Crippen molar-refractivity contribution >= 4 is 87.4 Å². The van der Waals surface area contributed by atoms with Crippen molar-refractivity contribution < 1.29 is 38.8 Å². The van der Waals surface area contributed by atoms with Crippen molar-refractivity contribution in [3.8, 4) is 44.5 Å². The van der Waals surface area contributed by atoms with Crippen LogP contribution in [0, 0.1) is 30.3 Å². The number of halogens is 1. The van der Waals surface area contributed by atoms with Crippen LogP contribution in [0.2, 0.25) is 0 Å². The summed E-state index contributed by atoms with van der Waals surface area (Å²) in [5.74, 6) is 0. The van der Waals surface area contributed by atoms with Gasteiger partial charge in [-0.15, -0.1) is 46.0 Å². The Morgan fingerprint density at radius 2 is 0.683 bits per heavy atom. The Kier molecular flexibility index (Phi) is 11.4. The molecule has 0 spiro atoms. The molecule has 7 aromatic rings. The number of non-ortho nitro benzene ring substituents is 3. The van der Waals surface area contributed by atoms with Gasteiger partial charge in [0.2, 0.25) is 0 Å². The maximum absolute atomic E-state index is 11.6. The molecular formula is C44H28IN8O6Zn+. The topological polar surface area (TPSA) is 187 Å². The Bertz CT molecular complexity index is 3030. The normalized spacial score (nSPS) is 11.4. The fourth-order valence-corrected chi connectivity index (χ4v) is 7.19. The first kappa shape index (κ1) is 41.1. The summed E-state index contributed by atoms with van der Waals surface area (Å²) in [6.45, 7) is 0. The molecular weight excluding hydrogens is 929 g/mol. The van der Waals surface area contributed by atoms with Gasteiger partial charge in [-0.2, -0.15) is 0 Å². The molecule has 3 aromatic carbocycles. The number of aromatic nitrogens is 5. The van der Waals surface area contributed by atoms with E-state index in [1.807, 2.05) is 84.7 Å². The van der Waals surface area contributed by atoms with Crippen LogP contribution >= 0.6 is 24.0 Å². The second-order valence-electron chi connectivity index (χ2n) is 13.5. The van der Waals surface area contributed by atoms with E-state index in [1.54, 1.807) is 36.4 Å². The molecule has 0 N–H and O–H groups in total. The maximum atomic E-state index is 11.6. The van der Waals surface area contributed by atoms with Gasteiger partial charge in [-0.3, -0.25) is 30.3 Å². The van der Waals surface area contributed by atoms with Crippen molar-refractivity contribution in [2.75, 3.05) is 0 Å². The van der Waals surface area contributed by atoms with Gasteiger partial charge < -0.3 is 9.97 Å². The zero-order chi connectivity index (χ0) is 40.1. The van der Waals surface area contributed by atoms with Crippen LogP contribution in [-0.2, 0) is 26.5 Å². The predicted molar refractivity (Wildman–Crippen MR) is 235 cm³/mol. The van der Waals surface area contributed by atoms with Crippen LogP contribution in [-0.4, -0.2) is 24.7 Å². The van der Waals surface area contributed by atoms with Crippen molar-refractivity contribution in [2.45, 2.75) is 0 Å². The average molecular weight is 957 g/mol. The van der Waals surface area contributed by atoms with E-state index in [4.69, 9.17) is 19.9 Å². The molecule has 0 amide bonds. The molecule has 288 valence electrons. The Labute approximate surface area is 370 Å². The molecule has 0 unspecified atom stereocenters. The number of nitrogens with zero attached hydrogens (tertiary/aromatic N) is 8. The van der Waals surface area contributed by atoms with Crippen molar-refractivity contribution in [2.24, 2.45) is 7.05 Å². The van der Waals surface area contributed by atoms with Crippen molar-refractivity contribution in [3.63, 3.8) is 0 Å². The number of rotatable bonds is 7. The first-order chi connectivity index (χ1) is 28.1. The number of benzene rings is 3. The SMILES string of the molecule is C[n+]1ccc(-c2c3nc(c(-c4ccc([N+](=O)[O-])cc4)c4ccc([n-]4)c(-c4ccc([N+](=O)[O-])cc4)c4nc(c(-c5ccc([N+](=O)[O-])cc5)c5ccc2[n-]5)C=C4)C=C3)cc1.I.[Zn+2]. The minimum absolute atomic E-state index is 0. The van der Waals surface area contributed by atoms with Crippen LogP contribution in [0.4, 0.5) is 17.1 Å². The van der Waals surface area contributed by atoms with Gasteiger partial charge in [-0.1, -0.05) is 24.3 Å². The fraction of sp³-hybridized carbons (Fsp3) is 0.0227. The Morgan fingerprint density at radius 1 is 0.433 bits per heavy atom. The molecule has 0 saturated carbocycles. The van der Waals surface area contributed by atoms with Gasteiger partial charge >= 0.3 is 19.5 Å². The molecule has 14 nitrogen and oxygen atoms in total. The number of fused-ring (bicyclic) bond motifs is 8. The third-order valence-electron chi connectivity index (χ3n) is 9.98. The molecule has 0 radical (unpaired) electrons. The van der Waals surface area contributed by atoms with Gasteiger partial charge in [0.05, 0.1) is 37.5 Å². The van der Waals surface area contributed by atoms with Gasteiger partial charge in [-0.05, 0) is 105 Å². The molecule has 6 heterocycles. The summed E-state index contributed by atoms with van der Waals surface area (Å²) in [6, 6.07) is 30.0. The van der Waals surface area contributed by atoms with E-state index in [2.05, 4.69) is 0 Å². The van der Waals surface area contributed by atoms with Crippen molar-refractivity contribution in [1.82, 2.24) is 19.9 Å². The van der Waals surface area contributed by atoms with Crippen LogP contribution in [0.15, 0.2) is 122 Å².